The molecule has 0 bridgehead atoms. The maximum absolute atomic E-state index is 12.0. The highest BCUT2D eigenvalue weighted by Crippen LogP contribution is 2.12. The van der Waals surface area contributed by atoms with Gasteiger partial charge in [0.2, 0.25) is 0 Å². The van der Waals surface area contributed by atoms with E-state index in [4.69, 9.17) is 9.47 Å². The molecule has 0 aromatic heterocycles. The van der Waals surface area contributed by atoms with Crippen LogP contribution in [-0.4, -0.2) is 63.0 Å². The zero-order chi connectivity index (χ0) is 20.7. The summed E-state index contributed by atoms with van der Waals surface area (Å²) in [6.45, 7) is 3.34. The Balaban J connectivity index is 1.75. The van der Waals surface area contributed by atoms with Crippen LogP contribution in [0.15, 0.2) is 24.3 Å². The lowest BCUT2D eigenvalue weighted by molar-refractivity contribution is -0.154. The van der Waals surface area contributed by atoms with Crippen LogP contribution in [0.5, 0.6) is 5.75 Å². The standard InChI is InChI=1S/C18H24N2O7S/c1-3-26-15-6-4-13(5-7-15)18(23)19-10-16(21)27-12(2)17(22)20-14-8-9-28(24,25)11-14/h4-7,12,14H,3,8-11H2,1-2H3,(H,19,23)(H,20,22)/t12-,14+/m0/s1. The number of ether oxygens (including phenoxy) is 2. The molecule has 1 aliphatic rings. The number of nitrogens with one attached hydrogen (secondary N) is 2. The van der Waals surface area contributed by atoms with Crippen molar-refractivity contribution in [2.75, 3.05) is 24.7 Å². The van der Waals surface area contributed by atoms with E-state index in [1.165, 1.54) is 6.92 Å². The predicted molar refractivity (Wildman–Crippen MR) is 101 cm³/mol. The first-order chi connectivity index (χ1) is 13.2. The Morgan fingerprint density at radius 1 is 1.21 bits per heavy atom. The van der Waals surface area contributed by atoms with Crippen LogP contribution >= 0.6 is 0 Å². The largest absolute Gasteiger partial charge is 0.494 e. The van der Waals surface area contributed by atoms with Crippen LogP contribution in [0.3, 0.4) is 0 Å². The average molecular weight is 412 g/mol. The molecule has 0 aliphatic carbocycles. The number of hydrogen-bond donors (Lipinski definition) is 2. The molecule has 1 heterocycles. The van der Waals surface area contributed by atoms with E-state index in [0.717, 1.165) is 0 Å². The molecule has 1 saturated heterocycles. The van der Waals surface area contributed by atoms with Crippen LogP contribution < -0.4 is 15.4 Å². The van der Waals surface area contributed by atoms with Crippen molar-refractivity contribution >= 4 is 27.6 Å². The number of esters is 1. The van der Waals surface area contributed by atoms with Gasteiger partial charge < -0.3 is 20.1 Å². The maximum Gasteiger partial charge on any atom is 0.326 e. The van der Waals surface area contributed by atoms with Gasteiger partial charge >= 0.3 is 5.97 Å². The minimum atomic E-state index is -3.12. The van der Waals surface area contributed by atoms with Crippen molar-refractivity contribution in [1.29, 1.82) is 0 Å². The summed E-state index contributed by atoms with van der Waals surface area (Å²) in [5.74, 6) is -1.27. The van der Waals surface area contributed by atoms with Gasteiger partial charge in [0.25, 0.3) is 11.8 Å². The normalized spacial score (nSPS) is 18.7. The zero-order valence-electron chi connectivity index (χ0n) is 15.8. The van der Waals surface area contributed by atoms with Crippen LogP contribution in [0.25, 0.3) is 0 Å². The summed E-state index contributed by atoms with van der Waals surface area (Å²) in [7, 11) is -3.12. The maximum atomic E-state index is 12.0. The first-order valence-electron chi connectivity index (χ1n) is 8.91. The third-order valence-corrected chi connectivity index (χ3v) is 5.85. The second-order valence-electron chi connectivity index (χ2n) is 6.38. The molecule has 10 heteroatoms. The third-order valence-electron chi connectivity index (χ3n) is 4.08. The molecule has 0 saturated carbocycles. The van der Waals surface area contributed by atoms with E-state index in [1.54, 1.807) is 24.3 Å². The number of hydrogen-bond acceptors (Lipinski definition) is 7. The van der Waals surface area contributed by atoms with Crippen molar-refractivity contribution in [3.63, 3.8) is 0 Å². The second kappa shape index (κ2) is 9.54. The van der Waals surface area contributed by atoms with Crippen molar-refractivity contribution in [3.05, 3.63) is 29.8 Å². The summed E-state index contributed by atoms with van der Waals surface area (Å²) in [5, 5.41) is 4.96. The van der Waals surface area contributed by atoms with Gasteiger partial charge in [-0.2, -0.15) is 0 Å². The average Bonchev–Trinajstić information content (AvgIpc) is 2.99. The van der Waals surface area contributed by atoms with E-state index in [-0.39, 0.29) is 11.5 Å². The number of benzene rings is 1. The molecule has 1 aromatic rings. The first-order valence-corrected chi connectivity index (χ1v) is 10.7. The van der Waals surface area contributed by atoms with Crippen molar-refractivity contribution in [1.82, 2.24) is 10.6 Å². The monoisotopic (exact) mass is 412 g/mol. The number of carbonyl (C=O) groups excluding carboxylic acids is 3. The fraction of sp³-hybridized carbons (Fsp3) is 0.500. The molecule has 1 aliphatic heterocycles. The molecule has 9 nitrogen and oxygen atoms in total. The summed E-state index contributed by atoms with van der Waals surface area (Å²) >= 11 is 0. The quantitative estimate of drug-likeness (QED) is 0.578. The Labute approximate surface area is 163 Å². The molecule has 0 unspecified atom stereocenters. The lowest BCUT2D eigenvalue weighted by atomic mass is 10.2. The molecule has 0 spiro atoms. The molecule has 154 valence electrons. The topological polar surface area (TPSA) is 128 Å². The lowest BCUT2D eigenvalue weighted by Gasteiger charge is -2.16. The first kappa shape index (κ1) is 21.7. The number of carbonyl (C=O) groups is 3. The van der Waals surface area contributed by atoms with Gasteiger partial charge in [-0.3, -0.25) is 14.4 Å². The second-order valence-corrected chi connectivity index (χ2v) is 8.61. The van der Waals surface area contributed by atoms with Gasteiger partial charge in [0, 0.05) is 11.6 Å². The number of amides is 2. The van der Waals surface area contributed by atoms with Gasteiger partial charge in [-0.1, -0.05) is 0 Å². The highest BCUT2D eigenvalue weighted by molar-refractivity contribution is 7.91. The highest BCUT2D eigenvalue weighted by atomic mass is 32.2. The summed E-state index contributed by atoms with van der Waals surface area (Å²) in [5.41, 5.74) is 0.351. The van der Waals surface area contributed by atoms with E-state index >= 15 is 0 Å². The van der Waals surface area contributed by atoms with Crippen molar-refractivity contribution in [3.8, 4) is 5.75 Å². The zero-order valence-corrected chi connectivity index (χ0v) is 16.6. The molecule has 2 N–H and O–H groups in total. The molecule has 2 amide bonds. The number of rotatable bonds is 8. The van der Waals surface area contributed by atoms with E-state index in [1.807, 2.05) is 6.92 Å². The van der Waals surface area contributed by atoms with Crippen LogP contribution in [0.1, 0.15) is 30.6 Å². The fourth-order valence-corrected chi connectivity index (χ4v) is 4.32. The molecule has 0 radical (unpaired) electrons. The SMILES string of the molecule is CCOc1ccc(C(=O)NCC(=O)O[C@@H](C)C(=O)N[C@@H]2CCS(=O)(=O)C2)cc1. The van der Waals surface area contributed by atoms with E-state index < -0.39 is 46.3 Å². The molecular weight excluding hydrogens is 388 g/mol. The van der Waals surface area contributed by atoms with Crippen LogP contribution in [0, 0.1) is 0 Å². The number of sulfone groups is 1. The Morgan fingerprint density at radius 3 is 2.46 bits per heavy atom. The molecule has 2 rings (SSSR count). The van der Waals surface area contributed by atoms with Gasteiger partial charge in [-0.05, 0) is 44.5 Å². The summed E-state index contributed by atoms with van der Waals surface area (Å²) in [6, 6.07) is 5.95. The van der Waals surface area contributed by atoms with Crippen LogP contribution in [0.2, 0.25) is 0 Å². The van der Waals surface area contributed by atoms with Crippen LogP contribution in [-0.2, 0) is 24.2 Å². The Bertz CT molecular complexity index is 821. The van der Waals surface area contributed by atoms with Gasteiger partial charge in [-0.25, -0.2) is 8.42 Å². The minimum Gasteiger partial charge on any atom is -0.494 e. The lowest BCUT2D eigenvalue weighted by Crippen LogP contribution is -2.43. The Morgan fingerprint density at radius 2 is 1.89 bits per heavy atom. The summed E-state index contributed by atoms with van der Waals surface area (Å²) in [6.07, 6.45) is -0.759. The molecule has 1 fully saturated rings. The summed E-state index contributed by atoms with van der Waals surface area (Å²) < 4.78 is 33.1. The van der Waals surface area contributed by atoms with Gasteiger partial charge in [0.1, 0.15) is 12.3 Å². The minimum absolute atomic E-state index is 0.0314. The summed E-state index contributed by atoms with van der Waals surface area (Å²) in [4.78, 5) is 35.9. The molecule has 28 heavy (non-hydrogen) atoms. The van der Waals surface area contributed by atoms with Crippen molar-refractivity contribution in [2.24, 2.45) is 0 Å². The smallest absolute Gasteiger partial charge is 0.326 e. The highest BCUT2D eigenvalue weighted by Gasteiger charge is 2.30. The van der Waals surface area contributed by atoms with E-state index in [0.29, 0.717) is 24.3 Å². The fourth-order valence-electron chi connectivity index (χ4n) is 2.64. The van der Waals surface area contributed by atoms with Crippen LogP contribution in [0.4, 0.5) is 0 Å². The molecular formula is C18H24N2O7S. The van der Waals surface area contributed by atoms with Crippen molar-refractivity contribution < 1.29 is 32.3 Å². The van der Waals surface area contributed by atoms with Crippen molar-refractivity contribution in [2.45, 2.75) is 32.4 Å². The van der Waals surface area contributed by atoms with E-state index in [9.17, 15) is 22.8 Å². The molecule has 2 atom stereocenters. The van der Waals surface area contributed by atoms with E-state index in [2.05, 4.69) is 10.6 Å². The van der Waals surface area contributed by atoms with Gasteiger partial charge in [-0.15, -0.1) is 0 Å². The third kappa shape index (κ3) is 6.52. The molecule has 1 aromatic carbocycles. The van der Waals surface area contributed by atoms with Gasteiger partial charge in [0.15, 0.2) is 15.9 Å². The Hall–Kier alpha value is -2.62. The Kier molecular flexibility index (Phi) is 7.38. The predicted octanol–water partition coefficient (Wildman–Crippen LogP) is 0.0501. The van der Waals surface area contributed by atoms with Gasteiger partial charge in [0.05, 0.1) is 18.1 Å².